The quantitative estimate of drug-likeness (QED) is 0.828. The average Bonchev–Trinajstić information content (AvgIpc) is 2.53. The van der Waals surface area contributed by atoms with Crippen molar-refractivity contribution >= 4 is 21.9 Å². The Morgan fingerprint density at radius 2 is 2.08 bits per heavy atom. The monoisotopic (exact) mass is 239 g/mol. The Hall–Kier alpha value is -1.36. The number of hydrogen-bond donors (Lipinski definition) is 1. The summed E-state index contributed by atoms with van der Waals surface area (Å²) in [5.74, 6) is 0.565. The van der Waals surface area contributed by atoms with Gasteiger partial charge in [0, 0.05) is 4.47 Å². The van der Waals surface area contributed by atoms with Gasteiger partial charge in [0.05, 0.1) is 5.56 Å². The Morgan fingerprint density at radius 1 is 1.31 bits per heavy atom. The molecule has 0 aliphatic rings. The first kappa shape index (κ1) is 8.25. The summed E-state index contributed by atoms with van der Waals surface area (Å²) in [4.78, 5) is 3.91. The van der Waals surface area contributed by atoms with Gasteiger partial charge >= 0.3 is 0 Å². The number of halogens is 1. The van der Waals surface area contributed by atoms with Crippen molar-refractivity contribution in [1.82, 2.24) is 10.1 Å². The number of nitrogen functional groups attached to an aromatic ring is 1. The molecular weight excluding hydrogens is 234 g/mol. The van der Waals surface area contributed by atoms with Crippen molar-refractivity contribution in [3.8, 4) is 11.5 Å². The number of nitrogens with two attached hydrogens (primary N) is 1. The topological polar surface area (TPSA) is 64.9 Å². The van der Waals surface area contributed by atoms with Crippen molar-refractivity contribution in [2.75, 3.05) is 5.73 Å². The average molecular weight is 240 g/mol. The van der Waals surface area contributed by atoms with Crippen LogP contribution in [-0.4, -0.2) is 10.1 Å². The molecular formula is C8H6BrN3O. The third-order valence-electron chi connectivity index (χ3n) is 1.55. The summed E-state index contributed by atoms with van der Waals surface area (Å²) >= 11 is 3.37. The third kappa shape index (κ3) is 1.55. The maximum absolute atomic E-state index is 5.33. The molecule has 1 heterocycles. The van der Waals surface area contributed by atoms with Gasteiger partial charge in [-0.2, -0.15) is 4.98 Å². The fraction of sp³-hybridized carbons (Fsp3) is 0. The van der Waals surface area contributed by atoms with Crippen LogP contribution >= 0.6 is 15.9 Å². The highest BCUT2D eigenvalue weighted by Crippen LogP contribution is 2.26. The fourth-order valence-corrected chi connectivity index (χ4v) is 1.43. The van der Waals surface area contributed by atoms with Gasteiger partial charge < -0.3 is 10.3 Å². The maximum Gasteiger partial charge on any atom is 0.261 e. The highest BCUT2D eigenvalue weighted by molar-refractivity contribution is 9.10. The summed E-state index contributed by atoms with van der Waals surface area (Å²) < 4.78 is 5.82. The number of aromatic nitrogens is 2. The lowest BCUT2D eigenvalue weighted by Gasteiger charge is -1.95. The van der Waals surface area contributed by atoms with E-state index in [4.69, 9.17) is 10.3 Å². The molecule has 2 aromatic rings. The second kappa shape index (κ2) is 3.18. The van der Waals surface area contributed by atoms with Crippen LogP contribution in [0, 0.1) is 0 Å². The van der Waals surface area contributed by atoms with Crippen molar-refractivity contribution in [3.63, 3.8) is 0 Å². The molecule has 0 saturated carbocycles. The van der Waals surface area contributed by atoms with E-state index in [2.05, 4.69) is 26.1 Å². The molecule has 0 amide bonds. The Balaban J connectivity index is 2.52. The van der Waals surface area contributed by atoms with Gasteiger partial charge in [-0.25, -0.2) is 0 Å². The molecule has 66 valence electrons. The minimum Gasteiger partial charge on any atom is -0.365 e. The Morgan fingerprint density at radius 3 is 2.69 bits per heavy atom. The van der Waals surface area contributed by atoms with Gasteiger partial charge in [0.1, 0.15) is 0 Å². The number of anilines is 1. The van der Waals surface area contributed by atoms with Crippen LogP contribution in [0.25, 0.3) is 11.5 Å². The molecule has 0 spiro atoms. The first-order chi connectivity index (χ1) is 6.27. The van der Waals surface area contributed by atoms with E-state index in [-0.39, 0.29) is 5.95 Å². The zero-order valence-electron chi connectivity index (χ0n) is 6.57. The molecule has 0 unspecified atom stereocenters. The lowest BCUT2D eigenvalue weighted by atomic mass is 10.2. The van der Waals surface area contributed by atoms with Crippen LogP contribution in [0.5, 0.6) is 0 Å². The standard InChI is InChI=1S/C8H6BrN3O/c9-6-4-2-1-3-5(6)7-11-8(10)12-13-7/h1-4H,(H2,10,12). The highest BCUT2D eigenvalue weighted by Gasteiger charge is 2.08. The smallest absolute Gasteiger partial charge is 0.261 e. The zero-order valence-corrected chi connectivity index (χ0v) is 8.15. The van der Waals surface area contributed by atoms with Crippen molar-refractivity contribution in [2.45, 2.75) is 0 Å². The highest BCUT2D eigenvalue weighted by atomic mass is 79.9. The van der Waals surface area contributed by atoms with Crippen LogP contribution in [0.2, 0.25) is 0 Å². The second-order valence-corrected chi connectivity index (χ2v) is 3.29. The van der Waals surface area contributed by atoms with Crippen LogP contribution in [-0.2, 0) is 0 Å². The predicted octanol–water partition coefficient (Wildman–Crippen LogP) is 2.08. The first-order valence-corrected chi connectivity index (χ1v) is 4.41. The Labute approximate surface area is 82.9 Å². The number of benzene rings is 1. The summed E-state index contributed by atoms with van der Waals surface area (Å²) in [5.41, 5.74) is 6.17. The molecule has 2 N–H and O–H groups in total. The minimum atomic E-state index is 0.144. The summed E-state index contributed by atoms with van der Waals surface area (Å²) in [6, 6.07) is 7.57. The molecule has 0 fully saturated rings. The Kier molecular flexibility index (Phi) is 2.02. The molecule has 0 saturated heterocycles. The van der Waals surface area contributed by atoms with Crippen LogP contribution in [0.3, 0.4) is 0 Å². The summed E-state index contributed by atoms with van der Waals surface area (Å²) in [5, 5.41) is 3.50. The minimum absolute atomic E-state index is 0.144. The van der Waals surface area contributed by atoms with Gasteiger partial charge in [0.2, 0.25) is 0 Å². The molecule has 0 aliphatic heterocycles. The summed E-state index contributed by atoms with van der Waals surface area (Å²) in [6.45, 7) is 0. The Bertz CT molecular complexity index is 427. The molecule has 1 aromatic carbocycles. The number of rotatable bonds is 1. The van der Waals surface area contributed by atoms with Crippen LogP contribution in [0.1, 0.15) is 0 Å². The van der Waals surface area contributed by atoms with Crippen molar-refractivity contribution in [2.24, 2.45) is 0 Å². The molecule has 0 radical (unpaired) electrons. The molecule has 1 aromatic heterocycles. The van der Waals surface area contributed by atoms with E-state index in [0.29, 0.717) is 5.89 Å². The van der Waals surface area contributed by atoms with E-state index in [1.54, 1.807) is 0 Å². The van der Waals surface area contributed by atoms with E-state index in [0.717, 1.165) is 10.0 Å². The fourth-order valence-electron chi connectivity index (χ4n) is 0.979. The molecule has 5 heteroatoms. The SMILES string of the molecule is Nc1noc(-c2ccccc2Br)n1. The zero-order chi connectivity index (χ0) is 9.26. The van der Waals surface area contributed by atoms with E-state index in [9.17, 15) is 0 Å². The molecule has 0 atom stereocenters. The van der Waals surface area contributed by atoms with Crippen LogP contribution in [0.15, 0.2) is 33.3 Å². The van der Waals surface area contributed by atoms with Gasteiger partial charge in [0.15, 0.2) is 0 Å². The van der Waals surface area contributed by atoms with E-state index in [1.807, 2.05) is 24.3 Å². The summed E-state index contributed by atoms with van der Waals surface area (Å²) in [6.07, 6.45) is 0. The molecule has 0 aliphatic carbocycles. The molecule has 4 nitrogen and oxygen atoms in total. The lowest BCUT2D eigenvalue weighted by Crippen LogP contribution is -1.85. The van der Waals surface area contributed by atoms with E-state index < -0.39 is 0 Å². The van der Waals surface area contributed by atoms with Gasteiger partial charge in [-0.05, 0) is 33.2 Å². The van der Waals surface area contributed by atoms with Crippen LogP contribution in [0.4, 0.5) is 5.95 Å². The number of nitrogens with zero attached hydrogens (tertiary/aromatic N) is 2. The molecule has 2 rings (SSSR count). The van der Waals surface area contributed by atoms with Gasteiger partial charge in [-0.1, -0.05) is 12.1 Å². The normalized spacial score (nSPS) is 10.2. The predicted molar refractivity (Wildman–Crippen MR) is 51.8 cm³/mol. The molecule has 0 bridgehead atoms. The van der Waals surface area contributed by atoms with Gasteiger partial charge in [0.25, 0.3) is 11.8 Å². The first-order valence-electron chi connectivity index (χ1n) is 3.61. The van der Waals surface area contributed by atoms with Crippen molar-refractivity contribution in [1.29, 1.82) is 0 Å². The largest absolute Gasteiger partial charge is 0.365 e. The molecule has 13 heavy (non-hydrogen) atoms. The van der Waals surface area contributed by atoms with Crippen molar-refractivity contribution in [3.05, 3.63) is 28.7 Å². The lowest BCUT2D eigenvalue weighted by molar-refractivity contribution is 0.433. The van der Waals surface area contributed by atoms with E-state index in [1.165, 1.54) is 0 Å². The van der Waals surface area contributed by atoms with Gasteiger partial charge in [-0.3, -0.25) is 0 Å². The van der Waals surface area contributed by atoms with Crippen molar-refractivity contribution < 1.29 is 4.52 Å². The second-order valence-electron chi connectivity index (χ2n) is 2.44. The third-order valence-corrected chi connectivity index (χ3v) is 2.24. The van der Waals surface area contributed by atoms with Gasteiger partial charge in [-0.15, -0.1) is 0 Å². The summed E-state index contributed by atoms with van der Waals surface area (Å²) in [7, 11) is 0. The van der Waals surface area contributed by atoms with E-state index >= 15 is 0 Å². The van der Waals surface area contributed by atoms with Crippen LogP contribution < -0.4 is 5.73 Å². The number of hydrogen-bond acceptors (Lipinski definition) is 4. The maximum atomic E-state index is 5.33.